The Morgan fingerprint density at radius 2 is 1.92 bits per heavy atom. The van der Waals surface area contributed by atoms with Gasteiger partial charge >= 0.3 is 0 Å². The summed E-state index contributed by atoms with van der Waals surface area (Å²) in [7, 11) is 0. The monoisotopic (exact) mass is 347 g/mol. The highest BCUT2D eigenvalue weighted by molar-refractivity contribution is 5.78. The fourth-order valence-corrected chi connectivity index (χ4v) is 7.40. The van der Waals surface area contributed by atoms with Gasteiger partial charge in [-0.05, 0) is 84.8 Å². The van der Waals surface area contributed by atoms with Crippen LogP contribution in [-0.4, -0.2) is 4.98 Å². The Balaban J connectivity index is 1.46. The molecule has 138 valence electrons. The van der Waals surface area contributed by atoms with Crippen LogP contribution in [0.4, 0.5) is 0 Å². The summed E-state index contributed by atoms with van der Waals surface area (Å²) >= 11 is 0. The number of allylic oxidation sites excluding steroid dienone is 4. The van der Waals surface area contributed by atoms with Crippen molar-refractivity contribution in [3.63, 3.8) is 0 Å². The lowest BCUT2D eigenvalue weighted by atomic mass is 9.45. The number of aromatic nitrogens is 1. The molecule has 4 aliphatic carbocycles. The van der Waals surface area contributed by atoms with E-state index in [0.717, 1.165) is 23.7 Å². The van der Waals surface area contributed by atoms with E-state index < -0.39 is 0 Å². The predicted octanol–water partition coefficient (Wildman–Crippen LogP) is 6.67. The average molecular weight is 348 g/mol. The summed E-state index contributed by atoms with van der Waals surface area (Å²) in [6, 6.07) is 4.33. The highest BCUT2D eigenvalue weighted by Gasteiger charge is 2.56. The van der Waals surface area contributed by atoms with Crippen LogP contribution in [0.3, 0.4) is 0 Å². The van der Waals surface area contributed by atoms with E-state index in [2.05, 4.69) is 56.2 Å². The summed E-state index contributed by atoms with van der Waals surface area (Å²) in [6.45, 7) is 7.65. The normalized spacial score (nSPS) is 44.4. The molecule has 0 spiro atoms. The first-order valence-electron chi connectivity index (χ1n) is 10.9. The number of nitrogens with zero attached hydrogens (tertiary/aromatic N) is 1. The summed E-state index contributed by atoms with van der Waals surface area (Å²) in [5, 5.41) is 0. The van der Waals surface area contributed by atoms with Crippen molar-refractivity contribution in [2.45, 2.75) is 65.7 Å². The molecule has 0 aromatic carbocycles. The lowest BCUT2D eigenvalue weighted by molar-refractivity contribution is -0.0579. The lowest BCUT2D eigenvalue weighted by Crippen LogP contribution is -2.50. The Labute approximate surface area is 159 Å². The van der Waals surface area contributed by atoms with Crippen molar-refractivity contribution < 1.29 is 0 Å². The average Bonchev–Trinajstić information content (AvgIpc) is 3.00. The minimum absolute atomic E-state index is 0.245. The molecule has 1 aromatic heterocycles. The van der Waals surface area contributed by atoms with Crippen LogP contribution in [0.25, 0.3) is 5.57 Å². The van der Waals surface area contributed by atoms with E-state index in [1.807, 2.05) is 6.20 Å². The van der Waals surface area contributed by atoms with Gasteiger partial charge in [0, 0.05) is 17.8 Å². The van der Waals surface area contributed by atoms with Gasteiger partial charge in [-0.25, -0.2) is 0 Å². The second-order valence-corrected chi connectivity index (χ2v) is 10.2. The van der Waals surface area contributed by atoms with Crippen LogP contribution in [0, 0.1) is 34.5 Å². The van der Waals surface area contributed by atoms with Gasteiger partial charge in [-0.15, -0.1) is 0 Å². The molecular weight excluding hydrogens is 314 g/mol. The Morgan fingerprint density at radius 3 is 2.73 bits per heavy atom. The molecule has 0 aliphatic heterocycles. The van der Waals surface area contributed by atoms with Crippen LogP contribution in [0.1, 0.15) is 71.3 Å². The minimum atomic E-state index is 0.245. The minimum Gasteiger partial charge on any atom is -0.264 e. The maximum absolute atomic E-state index is 4.39. The van der Waals surface area contributed by atoms with Crippen molar-refractivity contribution in [2.24, 2.45) is 34.5 Å². The molecule has 5 rings (SSSR count). The van der Waals surface area contributed by atoms with E-state index in [4.69, 9.17) is 0 Å². The van der Waals surface area contributed by atoms with E-state index >= 15 is 0 Å². The van der Waals surface area contributed by atoms with E-state index in [9.17, 15) is 0 Å². The van der Waals surface area contributed by atoms with Gasteiger partial charge in [0.25, 0.3) is 0 Å². The molecule has 1 heteroatoms. The van der Waals surface area contributed by atoms with Crippen molar-refractivity contribution in [2.75, 3.05) is 0 Å². The largest absolute Gasteiger partial charge is 0.264 e. The molecule has 1 heterocycles. The summed E-state index contributed by atoms with van der Waals surface area (Å²) in [4.78, 5) is 4.39. The lowest BCUT2D eigenvalue weighted by Gasteiger charge is -2.59. The fourth-order valence-electron chi connectivity index (χ4n) is 7.40. The molecule has 1 nitrogen and oxygen atoms in total. The molecule has 6 unspecified atom stereocenters. The van der Waals surface area contributed by atoms with Gasteiger partial charge in [-0.2, -0.15) is 0 Å². The second kappa shape index (κ2) is 5.81. The summed E-state index contributed by atoms with van der Waals surface area (Å²) in [5.41, 5.74) is 5.44. The zero-order valence-electron chi connectivity index (χ0n) is 16.7. The first-order valence-corrected chi connectivity index (χ1v) is 10.9. The summed E-state index contributed by atoms with van der Waals surface area (Å²) in [6.07, 6.45) is 18.9. The van der Waals surface area contributed by atoms with Crippen molar-refractivity contribution in [3.05, 3.63) is 47.8 Å². The van der Waals surface area contributed by atoms with Gasteiger partial charge in [-0.3, -0.25) is 4.98 Å². The third kappa shape index (κ3) is 2.25. The van der Waals surface area contributed by atoms with Crippen LogP contribution in [0.5, 0.6) is 0 Å². The molecule has 6 atom stereocenters. The first-order chi connectivity index (χ1) is 12.5. The van der Waals surface area contributed by atoms with Crippen LogP contribution < -0.4 is 0 Å². The second-order valence-electron chi connectivity index (χ2n) is 10.2. The summed E-state index contributed by atoms with van der Waals surface area (Å²) < 4.78 is 0. The Bertz CT molecular complexity index is 760. The Hall–Kier alpha value is -1.37. The number of hydrogen-bond donors (Lipinski definition) is 0. The van der Waals surface area contributed by atoms with Gasteiger partial charge in [0.15, 0.2) is 0 Å². The topological polar surface area (TPSA) is 12.9 Å². The van der Waals surface area contributed by atoms with Gasteiger partial charge in [-0.1, -0.05) is 51.0 Å². The van der Waals surface area contributed by atoms with Crippen LogP contribution in [0.15, 0.2) is 42.3 Å². The van der Waals surface area contributed by atoms with Gasteiger partial charge in [0.1, 0.15) is 0 Å². The third-order valence-corrected chi connectivity index (χ3v) is 8.94. The summed E-state index contributed by atoms with van der Waals surface area (Å²) in [5.74, 6) is 3.65. The zero-order chi connectivity index (χ0) is 17.9. The molecule has 1 aromatic rings. The third-order valence-electron chi connectivity index (χ3n) is 8.94. The molecule has 0 saturated heterocycles. The number of pyridine rings is 1. The zero-order valence-corrected chi connectivity index (χ0v) is 16.7. The molecule has 3 saturated carbocycles. The van der Waals surface area contributed by atoms with Gasteiger partial charge < -0.3 is 0 Å². The number of hydrogen-bond acceptors (Lipinski definition) is 1. The van der Waals surface area contributed by atoms with Crippen LogP contribution in [-0.2, 0) is 0 Å². The maximum Gasteiger partial charge on any atom is 0.0343 e. The standard InChI is InChI=1S/C25H33N/c1-17-10-12-24(2)19(15-17)6-7-20-22-9-8-21(18-5-4-14-26-16-18)25(22,3)13-11-23(20)24/h4-5,8-9,14,16-17,19-20,23H,6-7,10-13,15H2,1-3H3. The number of fused-ring (bicyclic) bond motifs is 5. The maximum atomic E-state index is 4.39. The van der Waals surface area contributed by atoms with Crippen molar-refractivity contribution in [3.8, 4) is 0 Å². The Morgan fingerprint density at radius 1 is 1.04 bits per heavy atom. The molecule has 3 fully saturated rings. The van der Waals surface area contributed by atoms with Gasteiger partial charge in [0.2, 0.25) is 0 Å². The van der Waals surface area contributed by atoms with E-state index in [1.54, 1.807) is 5.57 Å². The van der Waals surface area contributed by atoms with Crippen molar-refractivity contribution >= 4 is 5.57 Å². The van der Waals surface area contributed by atoms with Crippen LogP contribution in [0.2, 0.25) is 0 Å². The molecule has 0 amide bonds. The molecular formula is C25H33N. The molecule has 4 aliphatic rings. The van der Waals surface area contributed by atoms with E-state index in [-0.39, 0.29) is 5.41 Å². The molecule has 26 heavy (non-hydrogen) atoms. The first kappa shape index (κ1) is 16.8. The quantitative estimate of drug-likeness (QED) is 0.552. The predicted molar refractivity (Wildman–Crippen MR) is 108 cm³/mol. The smallest absolute Gasteiger partial charge is 0.0343 e. The molecule has 0 bridgehead atoms. The highest BCUT2D eigenvalue weighted by Crippen LogP contribution is 2.66. The molecule has 0 radical (unpaired) electrons. The van der Waals surface area contributed by atoms with E-state index in [0.29, 0.717) is 5.41 Å². The highest BCUT2D eigenvalue weighted by atomic mass is 14.6. The number of rotatable bonds is 1. The van der Waals surface area contributed by atoms with Gasteiger partial charge in [0.05, 0.1) is 0 Å². The Kier molecular flexibility index (Phi) is 3.75. The fraction of sp³-hybridized carbons (Fsp3) is 0.640. The van der Waals surface area contributed by atoms with Crippen molar-refractivity contribution in [1.82, 2.24) is 4.98 Å². The van der Waals surface area contributed by atoms with E-state index in [1.165, 1.54) is 56.1 Å². The molecule has 0 N–H and O–H groups in total. The van der Waals surface area contributed by atoms with Crippen LogP contribution >= 0.6 is 0 Å². The van der Waals surface area contributed by atoms with Crippen molar-refractivity contribution in [1.29, 1.82) is 0 Å². The SMILES string of the molecule is CC1CCC2(C)C(CCC3C4=CC=C(c5cccnc5)C4(C)CCC32)C1.